The van der Waals surface area contributed by atoms with Crippen LogP contribution in [0.25, 0.3) is 11.1 Å². The first-order valence-electron chi connectivity index (χ1n) is 6.34. The second-order valence-corrected chi connectivity index (χ2v) is 5.39. The van der Waals surface area contributed by atoms with Gasteiger partial charge in [-0.25, -0.2) is 9.59 Å². The van der Waals surface area contributed by atoms with Gasteiger partial charge in [-0.1, -0.05) is 45.7 Å². The number of methoxy groups -OCH3 is 2. The van der Waals surface area contributed by atoms with Gasteiger partial charge >= 0.3 is 11.9 Å². The first-order valence-corrected chi connectivity index (χ1v) is 7.13. The molecule has 0 aliphatic heterocycles. The van der Waals surface area contributed by atoms with E-state index >= 15 is 0 Å². The van der Waals surface area contributed by atoms with Gasteiger partial charge in [-0.3, -0.25) is 0 Å². The summed E-state index contributed by atoms with van der Waals surface area (Å²) >= 11 is 3.32. The molecule has 0 fully saturated rings. The third kappa shape index (κ3) is 3.22. The Morgan fingerprint density at radius 2 is 1.41 bits per heavy atom. The van der Waals surface area contributed by atoms with Crippen LogP contribution < -0.4 is 5.46 Å². The number of halogens is 1. The summed E-state index contributed by atoms with van der Waals surface area (Å²) in [5.41, 5.74) is 2.17. The van der Waals surface area contributed by atoms with Crippen molar-refractivity contribution in [3.63, 3.8) is 0 Å². The van der Waals surface area contributed by atoms with E-state index in [0.29, 0.717) is 22.2 Å². The van der Waals surface area contributed by atoms with Crippen molar-refractivity contribution in [1.29, 1.82) is 0 Å². The predicted octanol–water partition coefficient (Wildman–Crippen LogP) is 2.48. The third-order valence-corrected chi connectivity index (χ3v) is 3.62. The molecule has 0 unspecified atom stereocenters. The summed E-state index contributed by atoms with van der Waals surface area (Å²) in [7, 11) is 8.33. The van der Waals surface area contributed by atoms with Gasteiger partial charge in [-0.2, -0.15) is 0 Å². The van der Waals surface area contributed by atoms with E-state index in [9.17, 15) is 9.59 Å². The Bertz CT molecular complexity index is 679. The van der Waals surface area contributed by atoms with Crippen LogP contribution in [0.1, 0.15) is 20.7 Å². The van der Waals surface area contributed by atoms with E-state index in [1.165, 1.54) is 20.3 Å². The number of rotatable bonds is 3. The maximum absolute atomic E-state index is 12.0. The second-order valence-electron chi connectivity index (χ2n) is 4.48. The summed E-state index contributed by atoms with van der Waals surface area (Å²) in [5.74, 6) is -1.02. The average Bonchev–Trinajstić information content (AvgIpc) is 2.53. The highest BCUT2D eigenvalue weighted by atomic mass is 79.9. The van der Waals surface area contributed by atoms with Gasteiger partial charge in [-0.05, 0) is 23.3 Å². The maximum Gasteiger partial charge on any atom is 0.338 e. The molecule has 4 nitrogen and oxygen atoms in total. The van der Waals surface area contributed by atoms with Gasteiger partial charge in [0.15, 0.2) is 0 Å². The van der Waals surface area contributed by atoms with Gasteiger partial charge in [0.25, 0.3) is 0 Å². The minimum atomic E-state index is -0.527. The fourth-order valence-corrected chi connectivity index (χ4v) is 2.47. The van der Waals surface area contributed by atoms with Crippen molar-refractivity contribution in [2.24, 2.45) is 0 Å². The molecule has 2 aromatic rings. The first-order chi connectivity index (χ1) is 10.5. The van der Waals surface area contributed by atoms with Crippen LogP contribution in [0, 0.1) is 0 Å². The van der Waals surface area contributed by atoms with E-state index in [2.05, 4.69) is 15.9 Å². The second kappa shape index (κ2) is 6.79. The summed E-state index contributed by atoms with van der Waals surface area (Å²) < 4.78 is 10.3. The van der Waals surface area contributed by atoms with Crippen molar-refractivity contribution in [3.8, 4) is 11.1 Å². The first kappa shape index (κ1) is 16.3. The molecule has 0 amide bonds. The number of hydrogen-bond acceptors (Lipinski definition) is 4. The van der Waals surface area contributed by atoms with Crippen LogP contribution in [0.4, 0.5) is 0 Å². The fraction of sp³-hybridized carbons (Fsp3) is 0.125. The van der Waals surface area contributed by atoms with Crippen LogP contribution in [0.5, 0.6) is 0 Å². The lowest BCUT2D eigenvalue weighted by Crippen LogP contribution is -2.12. The topological polar surface area (TPSA) is 52.6 Å². The van der Waals surface area contributed by atoms with Crippen LogP contribution >= 0.6 is 15.9 Å². The SMILES string of the molecule is [B]c1ccc(-c2ccc(Br)cc2C(=O)OC)c(C(=O)OC)c1. The Kier molecular flexibility index (Phi) is 5.03. The number of hydrogen-bond donors (Lipinski definition) is 0. The van der Waals surface area contributed by atoms with Crippen molar-refractivity contribution in [2.75, 3.05) is 14.2 Å². The number of benzene rings is 2. The highest BCUT2D eigenvalue weighted by Gasteiger charge is 2.19. The van der Waals surface area contributed by atoms with E-state index in [0.717, 1.165) is 4.47 Å². The lowest BCUT2D eigenvalue weighted by Gasteiger charge is -2.13. The Hall–Kier alpha value is -2.08. The van der Waals surface area contributed by atoms with Crippen molar-refractivity contribution < 1.29 is 19.1 Å². The fourth-order valence-electron chi connectivity index (χ4n) is 2.11. The third-order valence-electron chi connectivity index (χ3n) is 3.13. The molecule has 0 spiro atoms. The van der Waals surface area contributed by atoms with Crippen molar-refractivity contribution >= 4 is 41.2 Å². The summed E-state index contributed by atoms with van der Waals surface area (Å²) in [6.45, 7) is 0. The molecule has 6 heteroatoms. The molecule has 0 atom stereocenters. The van der Waals surface area contributed by atoms with E-state index in [1.807, 2.05) is 0 Å². The molecular formula is C16H12BBrO4. The minimum Gasteiger partial charge on any atom is -0.465 e. The Morgan fingerprint density at radius 3 is 1.95 bits per heavy atom. The smallest absolute Gasteiger partial charge is 0.338 e. The molecule has 2 aromatic carbocycles. The van der Waals surface area contributed by atoms with E-state index in [1.54, 1.807) is 30.3 Å². The monoisotopic (exact) mass is 358 g/mol. The molecule has 2 radical (unpaired) electrons. The summed E-state index contributed by atoms with van der Waals surface area (Å²) in [5, 5.41) is 0. The zero-order valence-electron chi connectivity index (χ0n) is 12.1. The van der Waals surface area contributed by atoms with Gasteiger partial charge in [0.1, 0.15) is 7.85 Å². The Balaban J connectivity index is 2.72. The lowest BCUT2D eigenvalue weighted by molar-refractivity contribution is 0.0590. The molecular weight excluding hydrogens is 347 g/mol. The van der Waals surface area contributed by atoms with Gasteiger partial charge < -0.3 is 9.47 Å². The molecule has 110 valence electrons. The van der Waals surface area contributed by atoms with Gasteiger partial charge in [0, 0.05) is 4.47 Å². The molecule has 0 N–H and O–H groups in total. The van der Waals surface area contributed by atoms with Gasteiger partial charge in [0.2, 0.25) is 0 Å². The Morgan fingerprint density at radius 1 is 0.909 bits per heavy atom. The van der Waals surface area contributed by atoms with Crippen molar-refractivity contribution in [1.82, 2.24) is 0 Å². The van der Waals surface area contributed by atoms with Gasteiger partial charge in [0.05, 0.1) is 25.3 Å². The average molecular weight is 359 g/mol. The van der Waals surface area contributed by atoms with Gasteiger partial charge in [-0.15, -0.1) is 0 Å². The normalized spacial score (nSPS) is 10.1. The van der Waals surface area contributed by atoms with Crippen LogP contribution in [0.15, 0.2) is 40.9 Å². The Labute approximate surface area is 138 Å². The van der Waals surface area contributed by atoms with Crippen LogP contribution in [-0.4, -0.2) is 34.0 Å². The maximum atomic E-state index is 12.0. The lowest BCUT2D eigenvalue weighted by atomic mass is 9.88. The zero-order chi connectivity index (χ0) is 16.3. The molecule has 0 saturated heterocycles. The van der Waals surface area contributed by atoms with E-state index in [4.69, 9.17) is 17.3 Å². The highest BCUT2D eigenvalue weighted by molar-refractivity contribution is 9.10. The molecule has 0 aromatic heterocycles. The summed E-state index contributed by atoms with van der Waals surface area (Å²) in [4.78, 5) is 24.0. The molecule has 0 aliphatic carbocycles. The molecule has 2 rings (SSSR count). The largest absolute Gasteiger partial charge is 0.465 e. The minimum absolute atomic E-state index is 0.287. The van der Waals surface area contributed by atoms with Crippen LogP contribution in [-0.2, 0) is 9.47 Å². The predicted molar refractivity (Wildman–Crippen MR) is 87.6 cm³/mol. The standard InChI is InChI=1S/C16H12BBrO4/c1-21-15(19)13-7-9(17)3-5-11(13)12-6-4-10(18)8-14(12)16(20)22-2/h3-8H,1-2H3. The van der Waals surface area contributed by atoms with Crippen LogP contribution in [0.2, 0.25) is 0 Å². The number of carbonyl (C=O) groups is 2. The number of ether oxygens (including phenoxy) is 2. The zero-order valence-corrected chi connectivity index (χ0v) is 13.6. The summed E-state index contributed by atoms with van der Waals surface area (Å²) in [6.07, 6.45) is 0. The van der Waals surface area contributed by atoms with E-state index < -0.39 is 11.9 Å². The summed E-state index contributed by atoms with van der Waals surface area (Å²) in [6, 6.07) is 10.00. The van der Waals surface area contributed by atoms with Crippen molar-refractivity contribution in [2.45, 2.75) is 0 Å². The van der Waals surface area contributed by atoms with Crippen molar-refractivity contribution in [3.05, 3.63) is 52.0 Å². The molecule has 22 heavy (non-hydrogen) atoms. The highest BCUT2D eigenvalue weighted by Crippen LogP contribution is 2.30. The number of carbonyl (C=O) groups excluding carboxylic acids is 2. The molecule has 0 bridgehead atoms. The molecule has 0 aliphatic rings. The van der Waals surface area contributed by atoms with E-state index in [-0.39, 0.29) is 5.56 Å². The molecule has 0 heterocycles. The number of esters is 2. The van der Waals surface area contributed by atoms with Crippen LogP contribution in [0.3, 0.4) is 0 Å². The molecule has 0 saturated carbocycles. The quantitative estimate of drug-likeness (QED) is 0.624.